The summed E-state index contributed by atoms with van der Waals surface area (Å²) in [4.78, 5) is 11.7. The quantitative estimate of drug-likeness (QED) is 0.181. The van der Waals surface area contributed by atoms with Crippen molar-refractivity contribution in [2.45, 2.75) is 0 Å². The lowest BCUT2D eigenvalue weighted by molar-refractivity contribution is 1.28. The molecule has 0 aliphatic carbocycles. The van der Waals surface area contributed by atoms with Gasteiger partial charge in [0.1, 0.15) is 5.01 Å². The summed E-state index contributed by atoms with van der Waals surface area (Å²) in [5.41, 5.74) is 10.8. The highest BCUT2D eigenvalue weighted by atomic mass is 32.1. The van der Waals surface area contributed by atoms with Gasteiger partial charge in [-0.05, 0) is 112 Å². The third-order valence-corrected chi connectivity index (χ3v) is 10.3. The fourth-order valence-electron chi connectivity index (χ4n) is 6.10. The molecule has 0 aliphatic rings. The number of hydrogen-bond acceptors (Lipinski definition) is 5. The van der Waals surface area contributed by atoms with Crippen molar-refractivity contribution in [2.75, 3.05) is 4.90 Å². The van der Waals surface area contributed by atoms with Crippen molar-refractivity contribution in [3.63, 3.8) is 0 Å². The average Bonchev–Trinajstić information content (AvgIpc) is 3.73. The first kappa shape index (κ1) is 26.1. The third kappa shape index (κ3) is 4.74. The first-order chi connectivity index (χ1) is 22.2. The Balaban J connectivity index is 1.05. The lowest BCUT2D eigenvalue weighted by Gasteiger charge is -2.25. The largest absolute Gasteiger partial charge is 0.311 e. The molecule has 0 N–H and O–H groups in total. The molecule has 3 nitrogen and oxygen atoms in total. The molecule has 0 bridgehead atoms. The Labute approximate surface area is 268 Å². The van der Waals surface area contributed by atoms with Crippen LogP contribution in [0.3, 0.4) is 0 Å². The van der Waals surface area contributed by atoms with Gasteiger partial charge < -0.3 is 4.90 Å². The first-order valence-electron chi connectivity index (χ1n) is 14.9. The lowest BCUT2D eigenvalue weighted by atomic mass is 9.98. The molecular weight excluding hydrogens is 587 g/mol. The van der Waals surface area contributed by atoms with Crippen LogP contribution in [0.2, 0.25) is 0 Å². The van der Waals surface area contributed by atoms with E-state index in [2.05, 4.69) is 155 Å². The van der Waals surface area contributed by atoms with Gasteiger partial charge in [0.25, 0.3) is 0 Å². The predicted octanol–water partition coefficient (Wildman–Crippen LogP) is 12.0. The summed E-state index contributed by atoms with van der Waals surface area (Å²) in [6, 6.07) is 52.3. The van der Waals surface area contributed by atoms with Crippen molar-refractivity contribution in [1.29, 1.82) is 0 Å². The molecule has 0 radical (unpaired) electrons. The van der Waals surface area contributed by atoms with Crippen LogP contribution in [0.4, 0.5) is 17.1 Å². The number of benzene rings is 7. The van der Waals surface area contributed by atoms with Crippen molar-refractivity contribution in [2.24, 2.45) is 0 Å². The molecule has 9 aromatic rings. The Morgan fingerprint density at radius 1 is 0.444 bits per heavy atom. The minimum Gasteiger partial charge on any atom is -0.311 e. The van der Waals surface area contributed by atoms with Crippen molar-refractivity contribution >= 4 is 81.7 Å². The zero-order valence-electron chi connectivity index (χ0n) is 24.1. The van der Waals surface area contributed by atoms with Crippen LogP contribution in [0.1, 0.15) is 0 Å². The van der Waals surface area contributed by atoms with Gasteiger partial charge in [-0.25, -0.2) is 9.97 Å². The molecule has 0 amide bonds. The Kier molecular flexibility index (Phi) is 6.18. The second-order valence-corrected chi connectivity index (χ2v) is 13.1. The number of rotatable bonds is 5. The van der Waals surface area contributed by atoms with E-state index in [1.807, 2.05) is 5.51 Å². The number of nitrogens with zero attached hydrogens (tertiary/aromatic N) is 3. The zero-order valence-corrected chi connectivity index (χ0v) is 25.7. The van der Waals surface area contributed by atoms with E-state index >= 15 is 0 Å². The van der Waals surface area contributed by atoms with E-state index in [-0.39, 0.29) is 0 Å². The highest BCUT2D eigenvalue weighted by molar-refractivity contribution is 7.22. The maximum Gasteiger partial charge on any atom is 0.124 e. The van der Waals surface area contributed by atoms with Crippen LogP contribution < -0.4 is 4.90 Å². The van der Waals surface area contributed by atoms with E-state index in [9.17, 15) is 0 Å². The standard InChI is InChI=1S/C40H25N3S2/c1-2-8-33(9-3-1)43(35-18-14-27(15-19-35)40-42-37-24-38-36(41-25-44-38)23-39(37)45-40)34-16-12-26(13-17-34)30-10-11-31-20-28-6-4-5-7-29(28)21-32(31)22-30/h1-25H. The predicted molar refractivity (Wildman–Crippen MR) is 193 cm³/mol. The van der Waals surface area contributed by atoms with Crippen LogP contribution in [0.15, 0.2) is 151 Å². The van der Waals surface area contributed by atoms with Crippen LogP contribution in [0.25, 0.3) is 63.7 Å². The average molecular weight is 612 g/mol. The maximum atomic E-state index is 4.96. The van der Waals surface area contributed by atoms with Crippen molar-refractivity contribution < 1.29 is 0 Å². The molecule has 5 heteroatoms. The molecule has 9 rings (SSSR count). The van der Waals surface area contributed by atoms with Gasteiger partial charge in [-0.1, -0.05) is 66.7 Å². The van der Waals surface area contributed by atoms with Crippen LogP contribution in [-0.4, -0.2) is 9.97 Å². The number of anilines is 3. The maximum absolute atomic E-state index is 4.96. The van der Waals surface area contributed by atoms with Crippen LogP contribution in [0, 0.1) is 0 Å². The van der Waals surface area contributed by atoms with Crippen molar-refractivity contribution in [3.8, 4) is 21.7 Å². The van der Waals surface area contributed by atoms with Crippen LogP contribution in [-0.2, 0) is 0 Å². The summed E-state index contributed by atoms with van der Waals surface area (Å²) in [5.74, 6) is 0. The molecule has 2 heterocycles. The monoisotopic (exact) mass is 611 g/mol. The molecule has 0 spiro atoms. The Bertz CT molecular complexity index is 2430. The van der Waals surface area contributed by atoms with Gasteiger partial charge >= 0.3 is 0 Å². The van der Waals surface area contributed by atoms with Crippen molar-refractivity contribution in [1.82, 2.24) is 9.97 Å². The number of thiazole rings is 2. The van der Waals surface area contributed by atoms with E-state index < -0.39 is 0 Å². The van der Waals surface area contributed by atoms with Gasteiger partial charge in [0, 0.05) is 22.6 Å². The number of para-hydroxylation sites is 1. The third-order valence-electron chi connectivity index (χ3n) is 8.39. The van der Waals surface area contributed by atoms with Crippen LogP contribution in [0.5, 0.6) is 0 Å². The highest BCUT2D eigenvalue weighted by Crippen LogP contribution is 2.39. The van der Waals surface area contributed by atoms with E-state index in [1.165, 1.54) is 42.1 Å². The molecule has 0 saturated carbocycles. The molecule has 2 aromatic heterocycles. The Hall–Kier alpha value is -5.36. The van der Waals surface area contributed by atoms with E-state index in [0.717, 1.165) is 38.7 Å². The zero-order chi connectivity index (χ0) is 29.7. The summed E-state index contributed by atoms with van der Waals surface area (Å²) in [5, 5.41) is 6.07. The molecule has 45 heavy (non-hydrogen) atoms. The molecule has 0 unspecified atom stereocenters. The molecule has 0 aliphatic heterocycles. The highest BCUT2D eigenvalue weighted by Gasteiger charge is 2.14. The summed E-state index contributed by atoms with van der Waals surface area (Å²) in [7, 11) is 0. The first-order valence-corrected chi connectivity index (χ1v) is 16.6. The fraction of sp³-hybridized carbons (Fsp3) is 0. The number of aromatic nitrogens is 2. The second-order valence-electron chi connectivity index (χ2n) is 11.2. The summed E-state index contributed by atoms with van der Waals surface area (Å²) in [6.45, 7) is 0. The Morgan fingerprint density at radius 3 is 1.80 bits per heavy atom. The molecular formula is C40H25N3S2. The van der Waals surface area contributed by atoms with Gasteiger partial charge in [-0.15, -0.1) is 22.7 Å². The summed E-state index contributed by atoms with van der Waals surface area (Å²) >= 11 is 3.37. The van der Waals surface area contributed by atoms with Gasteiger partial charge in [-0.2, -0.15) is 0 Å². The Morgan fingerprint density at radius 2 is 1.04 bits per heavy atom. The van der Waals surface area contributed by atoms with Gasteiger partial charge in [0.15, 0.2) is 0 Å². The molecule has 0 fully saturated rings. The normalized spacial score (nSPS) is 11.6. The molecule has 7 aromatic carbocycles. The summed E-state index contributed by atoms with van der Waals surface area (Å²) in [6.07, 6.45) is 0. The van der Waals surface area contributed by atoms with Gasteiger partial charge in [-0.3, -0.25) is 0 Å². The lowest BCUT2D eigenvalue weighted by Crippen LogP contribution is -2.09. The molecule has 212 valence electrons. The minimum absolute atomic E-state index is 1.02. The van der Waals surface area contributed by atoms with E-state index in [4.69, 9.17) is 4.98 Å². The molecule has 0 atom stereocenters. The SMILES string of the molecule is c1ccc(N(c2ccc(-c3ccc4cc5ccccc5cc4c3)cc2)c2ccc(-c3nc4cc5scnc5cc4s3)cc2)cc1. The van der Waals surface area contributed by atoms with Gasteiger partial charge in [0.05, 0.1) is 25.9 Å². The van der Waals surface area contributed by atoms with Crippen molar-refractivity contribution in [3.05, 3.63) is 151 Å². The van der Waals surface area contributed by atoms with Gasteiger partial charge in [0.2, 0.25) is 0 Å². The second kappa shape index (κ2) is 10.7. The molecule has 0 saturated heterocycles. The van der Waals surface area contributed by atoms with E-state index in [1.54, 1.807) is 22.7 Å². The smallest absolute Gasteiger partial charge is 0.124 e. The summed E-state index contributed by atoms with van der Waals surface area (Å²) < 4.78 is 2.34. The number of hydrogen-bond donors (Lipinski definition) is 0. The van der Waals surface area contributed by atoms with Crippen LogP contribution >= 0.6 is 22.7 Å². The number of fused-ring (bicyclic) bond motifs is 4. The minimum atomic E-state index is 1.02. The fourth-order valence-corrected chi connectivity index (χ4v) is 7.78. The topological polar surface area (TPSA) is 29.0 Å². The van der Waals surface area contributed by atoms with E-state index in [0.29, 0.717) is 0 Å².